The normalized spacial score (nSPS) is 12.0. The van der Waals surface area contributed by atoms with E-state index in [0.717, 1.165) is 11.5 Å². The van der Waals surface area contributed by atoms with E-state index in [2.05, 4.69) is 34.3 Å². The van der Waals surface area contributed by atoms with E-state index in [1.165, 1.54) is 10.9 Å². The molecule has 1 heterocycles. The van der Waals surface area contributed by atoms with Gasteiger partial charge in [0.1, 0.15) is 5.84 Å². The fraction of sp³-hybridized carbons (Fsp3) is 0.154. The summed E-state index contributed by atoms with van der Waals surface area (Å²) in [6.45, 7) is 5.83. The van der Waals surface area contributed by atoms with Crippen LogP contribution >= 0.6 is 0 Å². The van der Waals surface area contributed by atoms with Crippen molar-refractivity contribution in [2.45, 2.75) is 6.92 Å². The Kier molecular flexibility index (Phi) is 2.42. The molecule has 1 aromatic heterocycles. The first-order valence-electron chi connectivity index (χ1n) is 4.94. The molecule has 0 unspecified atom stereocenters. The molecule has 2 rings (SSSR count). The summed E-state index contributed by atoms with van der Waals surface area (Å²) in [7, 11) is 1.80. The largest absolute Gasteiger partial charge is 0.298 e. The Bertz CT molecular complexity index is 532. The van der Waals surface area contributed by atoms with E-state index in [4.69, 9.17) is 0 Å². The Balaban J connectivity index is 2.84. The molecule has 0 spiro atoms. The molecule has 76 valence electrons. The molecule has 0 atom stereocenters. The Labute approximate surface area is 89.6 Å². The number of aromatic nitrogens is 1. The van der Waals surface area contributed by atoms with Crippen molar-refractivity contribution in [1.82, 2.24) is 4.57 Å². The highest BCUT2D eigenvalue weighted by Crippen LogP contribution is 2.20. The molecule has 2 heteroatoms. The van der Waals surface area contributed by atoms with Gasteiger partial charge in [0.25, 0.3) is 0 Å². The number of nitrogens with zero attached hydrogens (tertiary/aromatic N) is 2. The smallest absolute Gasteiger partial charge is 0.104 e. The van der Waals surface area contributed by atoms with E-state index in [9.17, 15) is 0 Å². The third-order valence-corrected chi connectivity index (χ3v) is 2.60. The molecular weight excluding hydrogens is 184 g/mol. The zero-order valence-corrected chi connectivity index (χ0v) is 9.07. The van der Waals surface area contributed by atoms with Gasteiger partial charge in [-0.2, -0.15) is 0 Å². The third-order valence-electron chi connectivity index (χ3n) is 2.60. The van der Waals surface area contributed by atoms with Gasteiger partial charge in [-0.15, -0.1) is 0 Å². The minimum atomic E-state index is 0.978. The van der Waals surface area contributed by atoms with Crippen molar-refractivity contribution in [3.05, 3.63) is 42.6 Å². The molecule has 0 saturated carbocycles. The predicted molar refractivity (Wildman–Crippen MR) is 66.5 cm³/mol. The van der Waals surface area contributed by atoms with Crippen LogP contribution in [0.1, 0.15) is 12.6 Å². The first-order valence-corrected chi connectivity index (χ1v) is 4.94. The van der Waals surface area contributed by atoms with E-state index < -0.39 is 0 Å². The average Bonchev–Trinajstić information content (AvgIpc) is 2.66. The summed E-state index contributed by atoms with van der Waals surface area (Å²) in [5, 5.41) is 1.22. The summed E-state index contributed by atoms with van der Waals surface area (Å²) in [5.41, 5.74) is 2.26. The summed E-state index contributed by atoms with van der Waals surface area (Å²) >= 11 is 0. The zero-order chi connectivity index (χ0) is 10.8. The van der Waals surface area contributed by atoms with Gasteiger partial charge in [0.15, 0.2) is 0 Å². The highest BCUT2D eigenvalue weighted by molar-refractivity contribution is 5.96. The van der Waals surface area contributed by atoms with Gasteiger partial charge in [-0.3, -0.25) is 9.56 Å². The van der Waals surface area contributed by atoms with Crippen LogP contribution in [0.25, 0.3) is 17.0 Å². The molecule has 0 aliphatic carbocycles. The molecule has 0 radical (unpaired) electrons. The summed E-state index contributed by atoms with van der Waals surface area (Å²) in [5.74, 6) is 0.978. The van der Waals surface area contributed by atoms with Crippen molar-refractivity contribution >= 4 is 22.8 Å². The maximum Gasteiger partial charge on any atom is 0.104 e. The average molecular weight is 198 g/mol. The maximum atomic E-state index is 4.22. The number of rotatable bonds is 1. The maximum absolute atomic E-state index is 4.22. The van der Waals surface area contributed by atoms with Crippen LogP contribution in [0.3, 0.4) is 0 Å². The Morgan fingerprint density at radius 1 is 1.40 bits per heavy atom. The molecule has 2 nitrogen and oxygen atoms in total. The van der Waals surface area contributed by atoms with Crippen LogP contribution in [0.15, 0.2) is 41.9 Å². The monoisotopic (exact) mass is 198 g/mol. The molecule has 0 bridgehead atoms. The Morgan fingerprint density at radius 2 is 2.13 bits per heavy atom. The van der Waals surface area contributed by atoms with Crippen molar-refractivity contribution in [3.8, 4) is 0 Å². The molecule has 1 aromatic carbocycles. The van der Waals surface area contributed by atoms with Crippen LogP contribution < -0.4 is 0 Å². The molecule has 2 aromatic rings. The highest BCUT2D eigenvalue weighted by atomic mass is 15.1. The summed E-state index contributed by atoms with van der Waals surface area (Å²) in [6.07, 6.45) is 1.86. The minimum absolute atomic E-state index is 0.978. The molecule has 0 N–H and O–H groups in total. The standard InChI is InChI=1S/C13H14N2/c1-4-12-9-11-7-5-6-8-13(11)15(12)10(2)14-3/h4-9H,1H2,2-3H3/b14-10+. The van der Waals surface area contributed by atoms with E-state index in [1.807, 2.05) is 25.1 Å². The van der Waals surface area contributed by atoms with Crippen molar-refractivity contribution in [2.24, 2.45) is 4.99 Å². The van der Waals surface area contributed by atoms with Gasteiger partial charge in [-0.05, 0) is 25.1 Å². The summed E-state index contributed by atoms with van der Waals surface area (Å²) < 4.78 is 2.11. The van der Waals surface area contributed by atoms with Crippen molar-refractivity contribution < 1.29 is 0 Å². The molecule has 0 aliphatic heterocycles. The van der Waals surface area contributed by atoms with Crippen LogP contribution in [-0.2, 0) is 0 Å². The topological polar surface area (TPSA) is 17.3 Å². The van der Waals surface area contributed by atoms with Gasteiger partial charge in [-0.1, -0.05) is 24.8 Å². The fourth-order valence-electron chi connectivity index (χ4n) is 1.79. The summed E-state index contributed by atoms with van der Waals surface area (Å²) in [6, 6.07) is 10.4. The van der Waals surface area contributed by atoms with Gasteiger partial charge in [0.05, 0.1) is 5.52 Å². The van der Waals surface area contributed by atoms with Gasteiger partial charge in [-0.25, -0.2) is 0 Å². The van der Waals surface area contributed by atoms with Gasteiger partial charge in [0, 0.05) is 18.1 Å². The molecule has 15 heavy (non-hydrogen) atoms. The van der Waals surface area contributed by atoms with Crippen molar-refractivity contribution in [3.63, 3.8) is 0 Å². The third kappa shape index (κ3) is 1.48. The zero-order valence-electron chi connectivity index (χ0n) is 9.07. The quantitative estimate of drug-likeness (QED) is 0.494. The van der Waals surface area contributed by atoms with E-state index >= 15 is 0 Å². The molecule has 0 aliphatic rings. The van der Waals surface area contributed by atoms with Crippen LogP contribution in [0.2, 0.25) is 0 Å². The van der Waals surface area contributed by atoms with E-state index in [0.29, 0.717) is 0 Å². The molecular formula is C13H14N2. The van der Waals surface area contributed by atoms with E-state index in [1.54, 1.807) is 7.05 Å². The number of hydrogen-bond donors (Lipinski definition) is 0. The first kappa shape index (κ1) is 9.71. The van der Waals surface area contributed by atoms with Crippen LogP contribution in [-0.4, -0.2) is 17.5 Å². The lowest BCUT2D eigenvalue weighted by molar-refractivity contribution is 1.15. The van der Waals surface area contributed by atoms with Crippen LogP contribution in [0.4, 0.5) is 0 Å². The van der Waals surface area contributed by atoms with Crippen LogP contribution in [0, 0.1) is 0 Å². The molecule has 0 saturated heterocycles. The second-order valence-corrected chi connectivity index (χ2v) is 3.44. The Morgan fingerprint density at radius 3 is 2.80 bits per heavy atom. The van der Waals surface area contributed by atoms with Crippen LogP contribution in [0.5, 0.6) is 0 Å². The number of aliphatic imine (C=N–C) groups is 1. The predicted octanol–water partition coefficient (Wildman–Crippen LogP) is 3.18. The highest BCUT2D eigenvalue weighted by Gasteiger charge is 2.06. The Hall–Kier alpha value is -1.83. The van der Waals surface area contributed by atoms with E-state index in [-0.39, 0.29) is 0 Å². The van der Waals surface area contributed by atoms with Crippen molar-refractivity contribution in [2.75, 3.05) is 7.05 Å². The second-order valence-electron chi connectivity index (χ2n) is 3.44. The molecule has 0 fully saturated rings. The van der Waals surface area contributed by atoms with Gasteiger partial charge >= 0.3 is 0 Å². The lowest BCUT2D eigenvalue weighted by Gasteiger charge is -2.06. The minimum Gasteiger partial charge on any atom is -0.298 e. The number of fused-ring (bicyclic) bond motifs is 1. The SMILES string of the molecule is C=Cc1cc2ccccc2n1/C(C)=N/C. The number of para-hydroxylation sites is 1. The second kappa shape index (κ2) is 3.73. The lowest BCUT2D eigenvalue weighted by atomic mass is 10.2. The number of benzene rings is 1. The van der Waals surface area contributed by atoms with Gasteiger partial charge < -0.3 is 0 Å². The fourth-order valence-corrected chi connectivity index (χ4v) is 1.79. The number of hydrogen-bond acceptors (Lipinski definition) is 1. The molecule has 0 amide bonds. The van der Waals surface area contributed by atoms with Crippen molar-refractivity contribution in [1.29, 1.82) is 0 Å². The lowest BCUT2D eigenvalue weighted by Crippen LogP contribution is -2.08. The first-order chi connectivity index (χ1) is 7.27. The summed E-state index contributed by atoms with van der Waals surface area (Å²) in [4.78, 5) is 4.22. The van der Waals surface area contributed by atoms with Gasteiger partial charge in [0.2, 0.25) is 0 Å².